The lowest BCUT2D eigenvalue weighted by molar-refractivity contribution is -0.119. The first-order valence-corrected chi connectivity index (χ1v) is 4.31. The molecule has 1 aliphatic heterocycles. The highest BCUT2D eigenvalue weighted by molar-refractivity contribution is 6.28. The Morgan fingerprint density at radius 2 is 1.93 bits per heavy atom. The fourth-order valence-corrected chi connectivity index (χ4v) is 1.30. The van der Waals surface area contributed by atoms with Crippen LogP contribution in [0.3, 0.4) is 0 Å². The van der Waals surface area contributed by atoms with Gasteiger partial charge in [0.25, 0.3) is 11.8 Å². The highest BCUT2D eigenvalue weighted by Gasteiger charge is 2.25. The third-order valence-corrected chi connectivity index (χ3v) is 2.01. The molecule has 0 aliphatic carbocycles. The minimum Gasteiger partial charge on any atom is -0.271 e. The van der Waals surface area contributed by atoms with Crippen LogP contribution >= 0.6 is 0 Å². The Morgan fingerprint density at radius 1 is 1.29 bits per heavy atom. The van der Waals surface area contributed by atoms with Crippen LogP contribution in [0.25, 0.3) is 0 Å². The first kappa shape index (κ1) is 8.68. The molecule has 5 nitrogen and oxygen atoms in total. The first-order valence-electron chi connectivity index (χ1n) is 4.31. The predicted molar refractivity (Wildman–Crippen MR) is 49.5 cm³/mol. The number of rotatable bonds is 2. The van der Waals surface area contributed by atoms with Crippen LogP contribution in [0.4, 0.5) is 5.69 Å². The van der Waals surface area contributed by atoms with Gasteiger partial charge in [0.2, 0.25) is 0 Å². The molecule has 0 atom stereocenters. The minimum absolute atomic E-state index is 0.314. The molecule has 1 aromatic rings. The van der Waals surface area contributed by atoms with Crippen LogP contribution in [-0.4, -0.2) is 21.6 Å². The minimum atomic E-state index is -0.314. The molecule has 2 heterocycles. The zero-order chi connectivity index (χ0) is 10.1. The van der Waals surface area contributed by atoms with Gasteiger partial charge in [-0.2, -0.15) is 5.10 Å². The van der Waals surface area contributed by atoms with Gasteiger partial charge in [-0.05, 0) is 6.92 Å². The molecular weight excluding hydrogens is 182 g/mol. The third-order valence-electron chi connectivity index (χ3n) is 2.01. The molecular formula is C9H9N3O2. The van der Waals surface area contributed by atoms with E-state index in [2.05, 4.69) is 5.10 Å². The SMILES string of the molecule is CCn1cc(N2C(=O)C=CC2=O)cn1. The second-order valence-corrected chi connectivity index (χ2v) is 2.90. The molecule has 0 fully saturated rings. The lowest BCUT2D eigenvalue weighted by Gasteiger charge is -2.09. The lowest BCUT2D eigenvalue weighted by atomic mass is 10.4. The Bertz CT molecular complexity index is 401. The summed E-state index contributed by atoms with van der Waals surface area (Å²) in [6.07, 6.45) is 5.69. The number of imide groups is 1. The van der Waals surface area contributed by atoms with Gasteiger partial charge in [-0.1, -0.05) is 0 Å². The Morgan fingerprint density at radius 3 is 2.43 bits per heavy atom. The fourth-order valence-electron chi connectivity index (χ4n) is 1.30. The number of hydrogen-bond donors (Lipinski definition) is 0. The summed E-state index contributed by atoms with van der Waals surface area (Å²) in [4.78, 5) is 23.6. The van der Waals surface area contributed by atoms with Crippen LogP contribution in [0.1, 0.15) is 6.92 Å². The van der Waals surface area contributed by atoms with Crippen LogP contribution in [0, 0.1) is 0 Å². The van der Waals surface area contributed by atoms with Crippen molar-refractivity contribution < 1.29 is 9.59 Å². The molecule has 0 bridgehead atoms. The molecule has 0 aromatic carbocycles. The van der Waals surface area contributed by atoms with Crippen LogP contribution in [0.2, 0.25) is 0 Å². The van der Waals surface area contributed by atoms with Crippen LogP contribution in [-0.2, 0) is 16.1 Å². The molecule has 0 radical (unpaired) electrons. The highest BCUT2D eigenvalue weighted by atomic mass is 16.2. The van der Waals surface area contributed by atoms with Gasteiger partial charge < -0.3 is 0 Å². The topological polar surface area (TPSA) is 55.2 Å². The molecule has 14 heavy (non-hydrogen) atoms. The molecule has 0 saturated carbocycles. The Labute approximate surface area is 80.6 Å². The molecule has 1 aromatic heterocycles. The molecule has 1 aliphatic rings. The molecule has 0 N–H and O–H groups in total. The summed E-state index contributed by atoms with van der Waals surface area (Å²) >= 11 is 0. The predicted octanol–water partition coefficient (Wildman–Crippen LogP) is 0.332. The van der Waals surface area contributed by atoms with E-state index in [1.807, 2.05) is 6.92 Å². The zero-order valence-corrected chi connectivity index (χ0v) is 7.67. The van der Waals surface area contributed by atoms with Crippen molar-refractivity contribution in [3.05, 3.63) is 24.5 Å². The summed E-state index contributed by atoms with van der Waals surface area (Å²) in [5.74, 6) is -0.628. The average Bonchev–Trinajstić information content (AvgIpc) is 2.73. The number of hydrogen-bond acceptors (Lipinski definition) is 3. The molecule has 0 saturated heterocycles. The van der Waals surface area contributed by atoms with Gasteiger partial charge in [-0.25, -0.2) is 4.90 Å². The number of carbonyl (C=O) groups is 2. The van der Waals surface area contributed by atoms with Crippen molar-refractivity contribution in [2.45, 2.75) is 13.5 Å². The normalized spacial score (nSPS) is 15.6. The maximum absolute atomic E-state index is 11.3. The molecule has 0 spiro atoms. The standard InChI is InChI=1S/C9H9N3O2/c1-2-11-6-7(5-10-11)12-8(13)3-4-9(12)14/h3-6H,2H2,1H3. The number of carbonyl (C=O) groups excluding carboxylic acids is 2. The fraction of sp³-hybridized carbons (Fsp3) is 0.222. The van der Waals surface area contributed by atoms with Crippen LogP contribution in [0.5, 0.6) is 0 Å². The van der Waals surface area contributed by atoms with Gasteiger partial charge in [0, 0.05) is 24.9 Å². The summed E-state index contributed by atoms with van der Waals surface area (Å²) in [6, 6.07) is 0. The van der Waals surface area contributed by atoms with Gasteiger partial charge in [0.1, 0.15) is 0 Å². The first-order chi connectivity index (χ1) is 6.72. The lowest BCUT2D eigenvalue weighted by Crippen LogP contribution is -2.29. The molecule has 5 heteroatoms. The number of anilines is 1. The number of amides is 2. The number of nitrogens with zero attached hydrogens (tertiary/aromatic N) is 3. The monoisotopic (exact) mass is 191 g/mol. The highest BCUT2D eigenvalue weighted by Crippen LogP contribution is 2.17. The summed E-state index contributed by atoms with van der Waals surface area (Å²) in [6.45, 7) is 2.65. The Kier molecular flexibility index (Phi) is 1.92. The van der Waals surface area contributed by atoms with E-state index >= 15 is 0 Å². The average molecular weight is 191 g/mol. The van der Waals surface area contributed by atoms with Crippen molar-refractivity contribution in [2.75, 3.05) is 4.90 Å². The molecule has 2 amide bonds. The van der Waals surface area contributed by atoms with E-state index in [9.17, 15) is 9.59 Å². The van der Waals surface area contributed by atoms with Gasteiger partial charge in [-0.3, -0.25) is 14.3 Å². The van der Waals surface area contributed by atoms with E-state index in [1.54, 1.807) is 10.9 Å². The van der Waals surface area contributed by atoms with Crippen molar-refractivity contribution in [1.29, 1.82) is 0 Å². The summed E-state index contributed by atoms with van der Waals surface area (Å²) in [5.41, 5.74) is 0.520. The van der Waals surface area contributed by atoms with E-state index in [1.165, 1.54) is 18.3 Å². The Balaban J connectivity index is 2.31. The van der Waals surface area contributed by atoms with Gasteiger partial charge in [0.15, 0.2) is 0 Å². The van der Waals surface area contributed by atoms with E-state index in [4.69, 9.17) is 0 Å². The molecule has 2 rings (SSSR count). The van der Waals surface area contributed by atoms with Crippen molar-refractivity contribution in [3.63, 3.8) is 0 Å². The number of aryl methyl sites for hydroxylation is 1. The van der Waals surface area contributed by atoms with Crippen molar-refractivity contribution in [1.82, 2.24) is 9.78 Å². The smallest absolute Gasteiger partial charge is 0.258 e. The quantitative estimate of drug-likeness (QED) is 0.633. The number of aromatic nitrogens is 2. The second kappa shape index (κ2) is 3.10. The van der Waals surface area contributed by atoms with Gasteiger partial charge in [0.05, 0.1) is 11.9 Å². The third kappa shape index (κ3) is 1.22. The van der Waals surface area contributed by atoms with E-state index in [0.717, 1.165) is 4.90 Å². The molecule has 0 unspecified atom stereocenters. The summed E-state index contributed by atoms with van der Waals surface area (Å²) in [7, 11) is 0. The zero-order valence-electron chi connectivity index (χ0n) is 7.67. The maximum Gasteiger partial charge on any atom is 0.258 e. The van der Waals surface area contributed by atoms with Gasteiger partial charge in [-0.15, -0.1) is 0 Å². The second-order valence-electron chi connectivity index (χ2n) is 2.90. The summed E-state index contributed by atoms with van der Waals surface area (Å²) in [5, 5.41) is 3.99. The van der Waals surface area contributed by atoms with E-state index < -0.39 is 0 Å². The van der Waals surface area contributed by atoms with Crippen LogP contribution in [0.15, 0.2) is 24.5 Å². The van der Waals surface area contributed by atoms with E-state index in [-0.39, 0.29) is 11.8 Å². The maximum atomic E-state index is 11.3. The Hall–Kier alpha value is -1.91. The largest absolute Gasteiger partial charge is 0.271 e. The van der Waals surface area contributed by atoms with Crippen molar-refractivity contribution >= 4 is 17.5 Å². The van der Waals surface area contributed by atoms with Crippen molar-refractivity contribution in [2.24, 2.45) is 0 Å². The van der Waals surface area contributed by atoms with E-state index in [0.29, 0.717) is 12.2 Å². The molecule has 72 valence electrons. The van der Waals surface area contributed by atoms with Crippen LogP contribution < -0.4 is 4.90 Å². The summed E-state index contributed by atoms with van der Waals surface area (Å²) < 4.78 is 1.66. The van der Waals surface area contributed by atoms with Gasteiger partial charge >= 0.3 is 0 Å². The van der Waals surface area contributed by atoms with Crippen molar-refractivity contribution in [3.8, 4) is 0 Å².